The Kier molecular flexibility index (Phi) is 6.67. The fourth-order valence-corrected chi connectivity index (χ4v) is 4.87. The fourth-order valence-electron chi connectivity index (χ4n) is 3.74. The van der Waals surface area contributed by atoms with Gasteiger partial charge < -0.3 is 18.9 Å². The van der Waals surface area contributed by atoms with Crippen LogP contribution in [-0.4, -0.2) is 79.2 Å². The van der Waals surface area contributed by atoms with E-state index >= 15 is 0 Å². The first-order valence-corrected chi connectivity index (χ1v) is 11.5. The first kappa shape index (κ1) is 22.1. The van der Waals surface area contributed by atoms with E-state index in [1.54, 1.807) is 29.3 Å². The Morgan fingerprint density at radius 1 is 1.23 bits per heavy atom. The van der Waals surface area contributed by atoms with Crippen molar-refractivity contribution in [3.8, 4) is 11.5 Å². The molecule has 0 aliphatic carbocycles. The largest absolute Gasteiger partial charge is 0.497 e. The molecule has 1 aliphatic rings. The molecule has 30 heavy (non-hydrogen) atoms. The van der Waals surface area contributed by atoms with Crippen molar-refractivity contribution in [2.45, 2.75) is 25.9 Å². The van der Waals surface area contributed by atoms with Gasteiger partial charge in [0.2, 0.25) is 10.0 Å². The number of carbonyl (C=O) groups excluding carboxylic acids is 1. The van der Waals surface area contributed by atoms with Crippen LogP contribution >= 0.6 is 0 Å². The van der Waals surface area contributed by atoms with E-state index in [1.165, 1.54) is 24.8 Å². The van der Waals surface area contributed by atoms with Crippen molar-refractivity contribution in [1.29, 1.82) is 0 Å². The number of rotatable bonds is 8. The number of hydrogen-bond acceptors (Lipinski definition) is 6. The van der Waals surface area contributed by atoms with Gasteiger partial charge in [-0.05, 0) is 25.5 Å². The Bertz CT molecular complexity index is 982. The number of amides is 1. The van der Waals surface area contributed by atoms with Gasteiger partial charge in [-0.15, -0.1) is 0 Å². The third kappa shape index (κ3) is 4.93. The van der Waals surface area contributed by atoms with E-state index in [1.807, 2.05) is 17.7 Å². The van der Waals surface area contributed by atoms with Crippen LogP contribution < -0.4 is 9.47 Å². The molecule has 0 bridgehead atoms. The SMILES string of the molecule is COc1cc(OC)cc(C(=O)N2CCC(N(CCn3ccnc3C)S(C)(=O)=O)C2)c1. The van der Waals surface area contributed by atoms with Crippen molar-refractivity contribution < 1.29 is 22.7 Å². The van der Waals surface area contributed by atoms with Crippen molar-refractivity contribution in [3.63, 3.8) is 0 Å². The zero-order chi connectivity index (χ0) is 21.9. The Labute approximate surface area is 177 Å². The summed E-state index contributed by atoms with van der Waals surface area (Å²) in [4.78, 5) is 18.9. The number of methoxy groups -OCH3 is 2. The van der Waals surface area contributed by atoms with Crippen molar-refractivity contribution >= 4 is 15.9 Å². The van der Waals surface area contributed by atoms with Gasteiger partial charge in [-0.25, -0.2) is 13.4 Å². The molecule has 1 aromatic heterocycles. The van der Waals surface area contributed by atoms with Crippen LogP contribution in [0, 0.1) is 6.92 Å². The molecule has 164 valence electrons. The van der Waals surface area contributed by atoms with Crippen molar-refractivity contribution in [2.24, 2.45) is 0 Å². The average Bonchev–Trinajstić information content (AvgIpc) is 3.35. The number of ether oxygens (including phenoxy) is 2. The normalized spacial score (nSPS) is 16.8. The lowest BCUT2D eigenvalue weighted by atomic mass is 10.1. The molecule has 2 heterocycles. The van der Waals surface area contributed by atoms with Crippen molar-refractivity contribution in [2.75, 3.05) is 40.1 Å². The topological polar surface area (TPSA) is 94.0 Å². The zero-order valence-corrected chi connectivity index (χ0v) is 18.6. The van der Waals surface area contributed by atoms with Gasteiger partial charge >= 0.3 is 0 Å². The Hall–Kier alpha value is -2.59. The first-order valence-electron chi connectivity index (χ1n) is 9.70. The van der Waals surface area contributed by atoms with Crippen LogP contribution in [0.1, 0.15) is 22.6 Å². The Morgan fingerprint density at radius 3 is 2.43 bits per heavy atom. The number of likely N-dealkylation sites (tertiary alicyclic amines) is 1. The van der Waals surface area contributed by atoms with E-state index in [0.717, 1.165) is 5.82 Å². The average molecular weight is 437 g/mol. The number of aromatic nitrogens is 2. The lowest BCUT2D eigenvalue weighted by molar-refractivity contribution is 0.0783. The third-order valence-electron chi connectivity index (χ3n) is 5.37. The standard InChI is InChI=1S/C20H28N4O5S/c1-15-21-6-8-22(15)9-10-24(30(4,26)27)17-5-7-23(14-17)20(25)16-11-18(28-2)13-19(12-16)29-3/h6,8,11-13,17H,5,7,9-10,14H2,1-4H3. The molecule has 0 saturated carbocycles. The van der Waals surface area contributed by atoms with Gasteiger partial charge in [0.25, 0.3) is 5.91 Å². The summed E-state index contributed by atoms with van der Waals surface area (Å²) >= 11 is 0. The molecule has 1 aliphatic heterocycles. The summed E-state index contributed by atoms with van der Waals surface area (Å²) in [6, 6.07) is 4.76. The van der Waals surface area contributed by atoms with E-state index in [-0.39, 0.29) is 11.9 Å². The van der Waals surface area contributed by atoms with Gasteiger partial charge in [0.15, 0.2) is 0 Å². The molecule has 1 amide bonds. The molecule has 1 unspecified atom stereocenters. The number of benzene rings is 1. The van der Waals surface area contributed by atoms with Crippen LogP contribution in [0.15, 0.2) is 30.6 Å². The number of sulfonamides is 1. The van der Waals surface area contributed by atoms with Crippen molar-refractivity contribution in [3.05, 3.63) is 42.0 Å². The predicted octanol–water partition coefficient (Wildman–Crippen LogP) is 1.39. The highest BCUT2D eigenvalue weighted by molar-refractivity contribution is 7.88. The summed E-state index contributed by atoms with van der Waals surface area (Å²) in [6.07, 6.45) is 5.32. The molecule has 1 saturated heterocycles. The van der Waals surface area contributed by atoms with E-state index in [0.29, 0.717) is 49.7 Å². The van der Waals surface area contributed by atoms with Gasteiger partial charge in [-0.2, -0.15) is 4.31 Å². The van der Waals surface area contributed by atoms with Crippen LogP contribution in [0.5, 0.6) is 11.5 Å². The smallest absolute Gasteiger partial charge is 0.254 e. The van der Waals surface area contributed by atoms with Gasteiger partial charge in [0, 0.05) is 56.2 Å². The molecule has 9 nitrogen and oxygen atoms in total. The van der Waals surface area contributed by atoms with E-state index < -0.39 is 10.0 Å². The molecule has 0 spiro atoms. The highest BCUT2D eigenvalue weighted by Crippen LogP contribution is 2.26. The maximum atomic E-state index is 13.0. The molecule has 1 aromatic carbocycles. The first-order chi connectivity index (χ1) is 14.2. The molecule has 3 rings (SSSR count). The second-order valence-corrected chi connectivity index (χ2v) is 9.27. The molecule has 2 aromatic rings. The van der Waals surface area contributed by atoms with E-state index in [2.05, 4.69) is 4.98 Å². The summed E-state index contributed by atoms with van der Waals surface area (Å²) < 4.78 is 38.8. The quantitative estimate of drug-likeness (QED) is 0.621. The zero-order valence-electron chi connectivity index (χ0n) is 17.7. The van der Waals surface area contributed by atoms with Crippen LogP contribution in [0.2, 0.25) is 0 Å². The van der Waals surface area contributed by atoms with E-state index in [9.17, 15) is 13.2 Å². The lowest BCUT2D eigenvalue weighted by Crippen LogP contribution is -2.43. The monoisotopic (exact) mass is 436 g/mol. The Morgan fingerprint density at radius 2 is 1.90 bits per heavy atom. The third-order valence-corrected chi connectivity index (χ3v) is 6.70. The molecule has 0 N–H and O–H groups in total. The van der Waals surface area contributed by atoms with Gasteiger partial charge in [0.05, 0.1) is 20.5 Å². The second-order valence-electron chi connectivity index (χ2n) is 7.34. The summed E-state index contributed by atoms with van der Waals surface area (Å²) in [5, 5.41) is 0. The minimum Gasteiger partial charge on any atom is -0.497 e. The van der Waals surface area contributed by atoms with Crippen molar-refractivity contribution in [1.82, 2.24) is 18.8 Å². The number of imidazole rings is 1. The second kappa shape index (κ2) is 9.05. The minimum atomic E-state index is -3.43. The maximum absolute atomic E-state index is 13.0. The Balaban J connectivity index is 1.73. The van der Waals surface area contributed by atoms with Crippen LogP contribution in [0.25, 0.3) is 0 Å². The minimum absolute atomic E-state index is 0.173. The predicted molar refractivity (Wildman–Crippen MR) is 112 cm³/mol. The van der Waals surface area contributed by atoms with Crippen LogP contribution in [0.3, 0.4) is 0 Å². The number of carbonyl (C=O) groups is 1. The molecule has 1 atom stereocenters. The van der Waals surface area contributed by atoms with Gasteiger partial charge in [-0.1, -0.05) is 0 Å². The maximum Gasteiger partial charge on any atom is 0.254 e. The van der Waals surface area contributed by atoms with E-state index in [4.69, 9.17) is 9.47 Å². The number of hydrogen-bond donors (Lipinski definition) is 0. The van der Waals surface area contributed by atoms with Gasteiger partial charge in [-0.3, -0.25) is 4.79 Å². The number of aryl methyl sites for hydroxylation is 1. The molecule has 1 fully saturated rings. The molecular weight excluding hydrogens is 408 g/mol. The number of nitrogens with zero attached hydrogens (tertiary/aromatic N) is 4. The molecular formula is C20H28N4O5S. The summed E-state index contributed by atoms with van der Waals surface area (Å²) in [6.45, 7) is 3.54. The molecule has 0 radical (unpaired) electrons. The summed E-state index contributed by atoms with van der Waals surface area (Å²) in [5.41, 5.74) is 0.451. The highest BCUT2D eigenvalue weighted by atomic mass is 32.2. The highest BCUT2D eigenvalue weighted by Gasteiger charge is 2.35. The van der Waals surface area contributed by atoms with Crippen LogP contribution in [-0.2, 0) is 16.6 Å². The summed E-state index contributed by atoms with van der Waals surface area (Å²) in [7, 11) is -0.371. The van der Waals surface area contributed by atoms with Gasteiger partial charge in [0.1, 0.15) is 17.3 Å². The summed E-state index contributed by atoms with van der Waals surface area (Å²) in [5.74, 6) is 1.72. The fraction of sp³-hybridized carbons (Fsp3) is 0.500. The lowest BCUT2D eigenvalue weighted by Gasteiger charge is -2.27. The molecule has 10 heteroatoms. The van der Waals surface area contributed by atoms with Crippen LogP contribution in [0.4, 0.5) is 0 Å².